The van der Waals surface area contributed by atoms with Gasteiger partial charge in [0.25, 0.3) is 11.6 Å². The van der Waals surface area contributed by atoms with E-state index in [2.05, 4.69) is 5.32 Å². The maximum atomic E-state index is 12.9. The lowest BCUT2D eigenvalue weighted by atomic mass is 9.87. The van der Waals surface area contributed by atoms with Crippen LogP contribution in [-0.2, 0) is 4.79 Å². The molecule has 28 heavy (non-hydrogen) atoms. The monoisotopic (exact) mass is 405 g/mol. The van der Waals surface area contributed by atoms with Gasteiger partial charge in [-0.1, -0.05) is 37.6 Å². The van der Waals surface area contributed by atoms with Crippen molar-refractivity contribution in [1.29, 1.82) is 0 Å². The summed E-state index contributed by atoms with van der Waals surface area (Å²) >= 11 is 6.04. The number of phenols is 1. The molecule has 2 aromatic carbocycles. The molecule has 4 N–H and O–H groups in total. The molecule has 0 fully saturated rings. The van der Waals surface area contributed by atoms with Crippen LogP contribution in [0.25, 0.3) is 0 Å². The molecule has 0 aliphatic rings. The van der Waals surface area contributed by atoms with Crippen molar-refractivity contribution in [3.63, 3.8) is 0 Å². The van der Waals surface area contributed by atoms with Crippen LogP contribution in [0.5, 0.6) is 5.75 Å². The van der Waals surface area contributed by atoms with E-state index in [1.54, 1.807) is 6.07 Å². The van der Waals surface area contributed by atoms with Crippen LogP contribution >= 0.6 is 11.6 Å². The second kappa shape index (κ2) is 8.71. The Morgan fingerprint density at radius 2 is 1.96 bits per heavy atom. The number of non-ortho nitro benzene ring substituents is 1. The lowest BCUT2D eigenvalue weighted by Crippen LogP contribution is -2.23. The molecule has 8 nitrogen and oxygen atoms in total. The van der Waals surface area contributed by atoms with E-state index >= 15 is 0 Å². The van der Waals surface area contributed by atoms with Gasteiger partial charge in [-0.15, -0.1) is 0 Å². The number of nitro benzene ring substituents is 1. The van der Waals surface area contributed by atoms with E-state index in [1.807, 2.05) is 13.8 Å². The molecule has 0 saturated heterocycles. The minimum Gasteiger partial charge on any atom is -0.507 e. The molecule has 0 aromatic heterocycles. The molecule has 0 radical (unpaired) electrons. The topological polar surface area (TPSA) is 136 Å². The van der Waals surface area contributed by atoms with Crippen LogP contribution in [0.1, 0.15) is 42.1 Å². The number of primary amides is 1. The van der Waals surface area contributed by atoms with E-state index in [9.17, 15) is 24.8 Å². The van der Waals surface area contributed by atoms with Crippen LogP contribution in [0.15, 0.2) is 36.4 Å². The van der Waals surface area contributed by atoms with Gasteiger partial charge < -0.3 is 16.2 Å². The molecule has 0 heterocycles. The number of carbonyl (C=O) groups is 2. The Morgan fingerprint density at radius 1 is 1.29 bits per heavy atom. The van der Waals surface area contributed by atoms with Crippen molar-refractivity contribution < 1.29 is 19.6 Å². The van der Waals surface area contributed by atoms with Crippen molar-refractivity contribution in [3.8, 4) is 5.75 Å². The van der Waals surface area contributed by atoms with Crippen molar-refractivity contribution in [2.24, 2.45) is 11.7 Å². The molecule has 0 saturated carbocycles. The highest BCUT2D eigenvalue weighted by Gasteiger charge is 2.27. The Labute approximate surface area is 166 Å². The second-order valence-corrected chi connectivity index (χ2v) is 7.11. The summed E-state index contributed by atoms with van der Waals surface area (Å²) in [6.07, 6.45) is 0.381. The quantitative estimate of drug-likeness (QED) is 0.475. The molecule has 0 bridgehead atoms. The number of para-hydroxylation sites is 1. The zero-order chi connectivity index (χ0) is 21.0. The molecule has 0 spiro atoms. The van der Waals surface area contributed by atoms with Crippen LogP contribution in [-0.4, -0.2) is 21.8 Å². The zero-order valence-electron chi connectivity index (χ0n) is 15.3. The van der Waals surface area contributed by atoms with Crippen LogP contribution in [0.4, 0.5) is 11.4 Å². The third-order valence-electron chi connectivity index (χ3n) is 4.15. The average Bonchev–Trinajstić information content (AvgIpc) is 2.61. The molecule has 0 aliphatic heterocycles. The predicted molar refractivity (Wildman–Crippen MR) is 106 cm³/mol. The number of nitro groups is 1. The molecule has 9 heteroatoms. The summed E-state index contributed by atoms with van der Waals surface area (Å²) in [5.41, 5.74) is 5.46. The lowest BCUT2D eigenvalue weighted by Gasteiger charge is -2.21. The molecule has 2 aromatic rings. The van der Waals surface area contributed by atoms with Crippen molar-refractivity contribution >= 4 is 34.8 Å². The van der Waals surface area contributed by atoms with Gasteiger partial charge in [-0.3, -0.25) is 19.7 Å². The molecule has 148 valence electrons. The van der Waals surface area contributed by atoms with Crippen LogP contribution < -0.4 is 11.1 Å². The average molecular weight is 406 g/mol. The SMILES string of the molecule is CC(C)CC(C(=O)Nc1ccc([N+](=O)[O-])cc1Cl)c1cccc(C(N)=O)c1O. The van der Waals surface area contributed by atoms with Crippen LogP contribution in [0.3, 0.4) is 0 Å². The maximum Gasteiger partial charge on any atom is 0.271 e. The first kappa shape index (κ1) is 21.2. The number of amides is 2. The first-order valence-corrected chi connectivity index (χ1v) is 8.86. The van der Waals surface area contributed by atoms with Gasteiger partial charge in [0.1, 0.15) is 5.75 Å². The summed E-state index contributed by atoms with van der Waals surface area (Å²) in [4.78, 5) is 34.7. The Bertz CT molecular complexity index is 930. The first-order valence-electron chi connectivity index (χ1n) is 8.48. The van der Waals surface area contributed by atoms with Gasteiger partial charge in [-0.2, -0.15) is 0 Å². The third-order valence-corrected chi connectivity index (χ3v) is 4.47. The Morgan fingerprint density at radius 3 is 2.50 bits per heavy atom. The minimum absolute atomic E-state index is 0.0148. The van der Waals surface area contributed by atoms with E-state index in [-0.39, 0.29) is 39.2 Å². The van der Waals surface area contributed by atoms with Gasteiger partial charge in [0, 0.05) is 17.7 Å². The van der Waals surface area contributed by atoms with E-state index in [0.29, 0.717) is 6.42 Å². The lowest BCUT2D eigenvalue weighted by molar-refractivity contribution is -0.384. The second-order valence-electron chi connectivity index (χ2n) is 6.70. The van der Waals surface area contributed by atoms with E-state index < -0.39 is 22.7 Å². The number of nitrogens with zero attached hydrogens (tertiary/aromatic N) is 1. The summed E-state index contributed by atoms with van der Waals surface area (Å²) in [7, 11) is 0. The highest BCUT2D eigenvalue weighted by molar-refractivity contribution is 6.34. The molecule has 1 unspecified atom stereocenters. The fourth-order valence-electron chi connectivity index (χ4n) is 2.83. The van der Waals surface area contributed by atoms with E-state index in [1.165, 1.54) is 24.3 Å². The number of hydrogen-bond acceptors (Lipinski definition) is 5. The van der Waals surface area contributed by atoms with Crippen molar-refractivity contribution in [2.75, 3.05) is 5.32 Å². The number of nitrogens with one attached hydrogen (secondary N) is 1. The van der Waals surface area contributed by atoms with Crippen molar-refractivity contribution in [2.45, 2.75) is 26.2 Å². The summed E-state index contributed by atoms with van der Waals surface area (Å²) in [6, 6.07) is 8.16. The van der Waals surface area contributed by atoms with Gasteiger partial charge in [0.2, 0.25) is 5.91 Å². The Kier molecular flexibility index (Phi) is 6.58. The third kappa shape index (κ3) is 4.77. The molecule has 1 atom stereocenters. The summed E-state index contributed by atoms with van der Waals surface area (Å²) in [5.74, 6) is -2.31. The molecular formula is C19H20ClN3O5. The number of anilines is 1. The largest absolute Gasteiger partial charge is 0.507 e. The van der Waals surface area contributed by atoms with Crippen molar-refractivity contribution in [3.05, 3.63) is 62.7 Å². The van der Waals surface area contributed by atoms with E-state index in [0.717, 1.165) is 6.07 Å². The number of carbonyl (C=O) groups excluding carboxylic acids is 2. The van der Waals surface area contributed by atoms with Crippen LogP contribution in [0, 0.1) is 16.0 Å². The minimum atomic E-state index is -0.804. The number of aromatic hydroxyl groups is 1. The Balaban J connectivity index is 2.39. The van der Waals surface area contributed by atoms with Gasteiger partial charge in [0.15, 0.2) is 0 Å². The summed E-state index contributed by atoms with van der Waals surface area (Å²) in [5, 5.41) is 23.9. The number of nitrogens with two attached hydrogens (primary N) is 1. The van der Waals surface area contributed by atoms with E-state index in [4.69, 9.17) is 17.3 Å². The number of hydrogen-bond donors (Lipinski definition) is 3. The number of halogens is 1. The van der Waals surface area contributed by atoms with Crippen molar-refractivity contribution in [1.82, 2.24) is 0 Å². The number of rotatable bonds is 7. The maximum absolute atomic E-state index is 12.9. The molecule has 2 amide bonds. The molecule has 0 aliphatic carbocycles. The smallest absolute Gasteiger partial charge is 0.271 e. The normalized spacial score (nSPS) is 11.9. The highest BCUT2D eigenvalue weighted by atomic mass is 35.5. The molecular weight excluding hydrogens is 386 g/mol. The first-order chi connectivity index (χ1) is 13.1. The Hall–Kier alpha value is -3.13. The standard InChI is InChI=1S/C19H20ClN3O5/c1-10(2)8-14(12-4-3-5-13(17(12)24)18(21)25)19(26)22-16-7-6-11(23(27)28)9-15(16)20/h3-7,9-10,14,24H,8H2,1-2H3,(H2,21,25)(H,22,26). The van der Waals surface area contributed by atoms with Gasteiger partial charge in [0.05, 0.1) is 27.1 Å². The van der Waals surface area contributed by atoms with Crippen LogP contribution in [0.2, 0.25) is 5.02 Å². The van der Waals surface area contributed by atoms with Gasteiger partial charge in [-0.25, -0.2) is 0 Å². The predicted octanol–water partition coefficient (Wildman–Crippen LogP) is 3.82. The summed E-state index contributed by atoms with van der Waals surface area (Å²) < 4.78 is 0. The highest BCUT2D eigenvalue weighted by Crippen LogP contribution is 2.35. The number of benzene rings is 2. The zero-order valence-corrected chi connectivity index (χ0v) is 16.1. The van der Waals surface area contributed by atoms with Gasteiger partial charge in [-0.05, 0) is 24.5 Å². The fourth-order valence-corrected chi connectivity index (χ4v) is 3.05. The van der Waals surface area contributed by atoms with Gasteiger partial charge >= 0.3 is 0 Å². The fraction of sp³-hybridized carbons (Fsp3) is 0.263. The summed E-state index contributed by atoms with van der Waals surface area (Å²) in [6.45, 7) is 3.82. The molecule has 2 rings (SSSR count).